The van der Waals surface area contributed by atoms with Gasteiger partial charge in [0.05, 0.1) is 5.75 Å². The van der Waals surface area contributed by atoms with Crippen molar-refractivity contribution in [3.05, 3.63) is 29.3 Å². The molecule has 1 aliphatic carbocycles. The lowest BCUT2D eigenvalue weighted by atomic mass is 9.79. The molecule has 0 bridgehead atoms. The molecule has 2 fully saturated rings. The number of aliphatic imine (C=N–C) groups is 1. The van der Waals surface area contributed by atoms with E-state index in [1.54, 1.807) is 6.07 Å². The number of benzene rings is 1. The third-order valence-corrected chi connectivity index (χ3v) is 10.1. The summed E-state index contributed by atoms with van der Waals surface area (Å²) in [5.74, 6) is 0.777. The highest BCUT2D eigenvalue weighted by atomic mass is 32.2. The predicted octanol–water partition coefficient (Wildman–Crippen LogP) is 4.04. The second kappa shape index (κ2) is 11.8. The summed E-state index contributed by atoms with van der Waals surface area (Å²) in [6.07, 6.45) is 2.65. The molecule has 0 unspecified atom stereocenters. The molecule has 1 spiro atoms. The first kappa shape index (κ1) is 28.6. The number of amidine groups is 1. The van der Waals surface area contributed by atoms with Gasteiger partial charge in [0.1, 0.15) is 11.4 Å². The number of hydrogen-bond donors (Lipinski definition) is 2. The van der Waals surface area contributed by atoms with Crippen LogP contribution in [0, 0.1) is 18.8 Å². The first-order valence-corrected chi connectivity index (χ1v) is 15.1. The van der Waals surface area contributed by atoms with E-state index in [2.05, 4.69) is 10.6 Å². The van der Waals surface area contributed by atoms with Gasteiger partial charge < -0.3 is 10.6 Å². The lowest BCUT2D eigenvalue weighted by Crippen LogP contribution is -2.51. The minimum atomic E-state index is -3.51. The fraction of sp³-hybridized carbons (Fsp3) is 0.667. The van der Waals surface area contributed by atoms with Gasteiger partial charge in [-0.05, 0) is 87.5 Å². The Bertz CT molecular complexity index is 1170. The number of amides is 2. The van der Waals surface area contributed by atoms with Crippen LogP contribution in [0.5, 0.6) is 0 Å². The fourth-order valence-electron chi connectivity index (χ4n) is 5.92. The third kappa shape index (κ3) is 6.77. The summed E-state index contributed by atoms with van der Waals surface area (Å²) in [4.78, 5) is 29.0. The van der Waals surface area contributed by atoms with Crippen molar-refractivity contribution in [3.8, 4) is 0 Å². The van der Waals surface area contributed by atoms with Gasteiger partial charge in [0.15, 0.2) is 0 Å². The number of carbonyl (C=O) groups excluding carboxylic acids is 2. The Labute approximate surface area is 223 Å². The molecule has 2 N–H and O–H groups in total. The van der Waals surface area contributed by atoms with E-state index in [0.717, 1.165) is 36.8 Å². The van der Waals surface area contributed by atoms with E-state index in [0.29, 0.717) is 43.1 Å². The lowest BCUT2D eigenvalue weighted by Gasteiger charge is -2.34. The number of nitrogens with one attached hydrogen (secondary N) is 2. The van der Waals surface area contributed by atoms with Crippen LogP contribution in [-0.4, -0.2) is 61.2 Å². The zero-order valence-corrected chi connectivity index (χ0v) is 23.0. The van der Waals surface area contributed by atoms with Gasteiger partial charge in [-0.15, -0.1) is 0 Å². The van der Waals surface area contributed by atoms with Crippen LogP contribution in [0.1, 0.15) is 69.4 Å². The monoisotopic (exact) mass is 552 g/mol. The number of sulfonamides is 1. The Morgan fingerprint density at radius 1 is 1.21 bits per heavy atom. The van der Waals surface area contributed by atoms with Gasteiger partial charge in [-0.2, -0.15) is 0 Å². The Morgan fingerprint density at radius 3 is 2.50 bits per heavy atom. The van der Waals surface area contributed by atoms with Gasteiger partial charge in [0.25, 0.3) is 5.91 Å². The van der Waals surface area contributed by atoms with Crippen molar-refractivity contribution in [1.29, 1.82) is 0 Å². The number of hydrogen-bond acceptors (Lipinski definition) is 5. The summed E-state index contributed by atoms with van der Waals surface area (Å²) in [5.41, 5.74) is 1.59. The van der Waals surface area contributed by atoms with Crippen molar-refractivity contribution < 1.29 is 26.8 Å². The van der Waals surface area contributed by atoms with Crippen molar-refractivity contribution in [2.45, 2.75) is 83.6 Å². The third-order valence-electron chi connectivity index (χ3n) is 8.26. The lowest BCUT2D eigenvalue weighted by molar-refractivity contribution is -0.125. The zero-order chi connectivity index (χ0) is 27.5. The van der Waals surface area contributed by atoms with E-state index in [-0.39, 0.29) is 43.0 Å². The van der Waals surface area contributed by atoms with Gasteiger partial charge in [-0.3, -0.25) is 14.6 Å². The Balaban J connectivity index is 1.30. The van der Waals surface area contributed by atoms with E-state index in [9.17, 15) is 26.8 Å². The standard InChI is InChI=1S/C27H38F2N4O4S/c1-18-17-23(30-19(2)34)9-8-21(18)11-16-38(36,37)33-14-12-27(13-15-33)26(35)31-25(32-27)22-6-3-20(4-7-22)5-10-24(28)29/h8-9,17,20,22,24H,3-7,10-16H2,1-2H3,(H,30,34)(H,31,32,35)/t20-,22-. The maximum atomic E-state index is 13.1. The van der Waals surface area contributed by atoms with Gasteiger partial charge in [-0.1, -0.05) is 6.07 Å². The fourth-order valence-corrected chi connectivity index (χ4v) is 7.40. The first-order chi connectivity index (χ1) is 18.0. The van der Waals surface area contributed by atoms with Crippen LogP contribution in [0.2, 0.25) is 0 Å². The number of alkyl halides is 2. The molecule has 1 saturated heterocycles. The summed E-state index contributed by atoms with van der Waals surface area (Å²) >= 11 is 0. The smallest absolute Gasteiger partial charge is 0.253 e. The topological polar surface area (TPSA) is 108 Å². The van der Waals surface area contributed by atoms with Gasteiger partial charge in [0, 0.05) is 38.0 Å². The maximum Gasteiger partial charge on any atom is 0.253 e. The molecule has 1 aromatic carbocycles. The van der Waals surface area contributed by atoms with Gasteiger partial charge >= 0.3 is 0 Å². The molecule has 2 aliphatic heterocycles. The van der Waals surface area contributed by atoms with E-state index in [1.807, 2.05) is 19.1 Å². The van der Waals surface area contributed by atoms with Crippen LogP contribution in [0.3, 0.4) is 0 Å². The van der Waals surface area contributed by atoms with Crippen LogP contribution >= 0.6 is 0 Å². The Hall–Kier alpha value is -2.40. The Kier molecular flexibility index (Phi) is 8.86. The largest absolute Gasteiger partial charge is 0.326 e. The minimum Gasteiger partial charge on any atom is -0.326 e. The van der Waals surface area contributed by atoms with E-state index < -0.39 is 22.0 Å². The average Bonchev–Trinajstić information content (AvgIpc) is 3.17. The van der Waals surface area contributed by atoms with Gasteiger partial charge in [0.2, 0.25) is 22.4 Å². The summed E-state index contributed by atoms with van der Waals surface area (Å²) in [7, 11) is -3.51. The second-order valence-corrected chi connectivity index (χ2v) is 13.0. The van der Waals surface area contributed by atoms with Crippen LogP contribution < -0.4 is 10.6 Å². The highest BCUT2D eigenvalue weighted by molar-refractivity contribution is 7.89. The normalized spacial score (nSPS) is 23.9. The van der Waals surface area contributed by atoms with E-state index >= 15 is 0 Å². The molecule has 38 heavy (non-hydrogen) atoms. The molecule has 1 aromatic rings. The molecule has 0 radical (unpaired) electrons. The van der Waals surface area contributed by atoms with Crippen LogP contribution in [0.4, 0.5) is 14.5 Å². The number of aryl methyl sites for hydroxylation is 2. The number of anilines is 1. The highest BCUT2D eigenvalue weighted by Crippen LogP contribution is 2.37. The molecule has 3 aliphatic rings. The summed E-state index contributed by atoms with van der Waals surface area (Å²) in [6.45, 7) is 3.82. The van der Waals surface area contributed by atoms with Crippen molar-refractivity contribution in [2.75, 3.05) is 24.2 Å². The minimum absolute atomic E-state index is 0.0319. The molecule has 0 atom stereocenters. The predicted molar refractivity (Wildman–Crippen MR) is 143 cm³/mol. The second-order valence-electron chi connectivity index (χ2n) is 11.0. The van der Waals surface area contributed by atoms with E-state index in [4.69, 9.17) is 4.99 Å². The Morgan fingerprint density at radius 2 is 1.89 bits per heavy atom. The molecular weight excluding hydrogens is 514 g/mol. The summed E-state index contributed by atoms with van der Waals surface area (Å²) in [6, 6.07) is 5.44. The number of halogens is 2. The van der Waals surface area contributed by atoms with Crippen LogP contribution in [-0.2, 0) is 26.0 Å². The quantitative estimate of drug-likeness (QED) is 0.482. The molecule has 1 saturated carbocycles. The van der Waals surface area contributed by atoms with Crippen molar-refractivity contribution in [3.63, 3.8) is 0 Å². The molecular formula is C27H38F2N4O4S. The number of carbonyl (C=O) groups is 2. The number of rotatable bonds is 9. The molecule has 210 valence electrons. The molecule has 2 amide bonds. The number of piperidine rings is 1. The maximum absolute atomic E-state index is 13.1. The van der Waals surface area contributed by atoms with Crippen LogP contribution in [0.15, 0.2) is 23.2 Å². The van der Waals surface area contributed by atoms with E-state index in [1.165, 1.54) is 11.2 Å². The summed E-state index contributed by atoms with van der Waals surface area (Å²) < 4.78 is 52.7. The van der Waals surface area contributed by atoms with Gasteiger partial charge in [-0.25, -0.2) is 21.5 Å². The molecule has 8 nitrogen and oxygen atoms in total. The van der Waals surface area contributed by atoms with Crippen molar-refractivity contribution in [2.24, 2.45) is 16.8 Å². The molecule has 11 heteroatoms. The van der Waals surface area contributed by atoms with Crippen molar-refractivity contribution >= 4 is 33.4 Å². The number of nitrogens with zero attached hydrogens (tertiary/aromatic N) is 2. The SMILES string of the molecule is CC(=O)Nc1ccc(CCS(=O)(=O)N2CCC3(CC2)N=C([C@H]2CC[C@H](CCC(F)F)CC2)NC3=O)c(C)c1. The molecule has 4 rings (SSSR count). The zero-order valence-electron chi connectivity index (χ0n) is 22.1. The summed E-state index contributed by atoms with van der Waals surface area (Å²) in [5, 5.41) is 5.69. The average molecular weight is 553 g/mol. The molecule has 2 heterocycles. The molecule has 0 aromatic heterocycles. The highest BCUT2D eigenvalue weighted by Gasteiger charge is 2.48. The first-order valence-electron chi connectivity index (χ1n) is 13.5. The van der Waals surface area contributed by atoms with Crippen molar-refractivity contribution in [1.82, 2.24) is 9.62 Å². The van der Waals surface area contributed by atoms with Crippen LogP contribution in [0.25, 0.3) is 0 Å².